The summed E-state index contributed by atoms with van der Waals surface area (Å²) in [6.07, 6.45) is 0. The number of hydrogen-bond donors (Lipinski definition) is 2. The number of furan rings is 1. The summed E-state index contributed by atoms with van der Waals surface area (Å²) in [5.41, 5.74) is 0. The Morgan fingerprint density at radius 2 is 2.14 bits per heavy atom. The number of ether oxygens (including phenoxy) is 2. The topological polar surface area (TPSA) is 76.0 Å². The Morgan fingerprint density at radius 3 is 2.77 bits per heavy atom. The van der Waals surface area contributed by atoms with Gasteiger partial charge in [-0.3, -0.25) is 4.90 Å². The van der Waals surface area contributed by atoms with Crippen LogP contribution < -0.4 is 10.6 Å². The predicted octanol–water partition coefficient (Wildman–Crippen LogP) is 0.907. The maximum Gasteiger partial charge on any atom is 0.314 e. The first-order valence-electron chi connectivity index (χ1n) is 7.59. The van der Waals surface area contributed by atoms with Crippen molar-refractivity contribution in [2.24, 2.45) is 0 Å². The fourth-order valence-electron chi connectivity index (χ4n) is 2.45. The van der Waals surface area contributed by atoms with Crippen LogP contribution in [-0.4, -0.2) is 64.0 Å². The summed E-state index contributed by atoms with van der Waals surface area (Å²) in [7, 11) is 1.60. The fourth-order valence-corrected chi connectivity index (χ4v) is 2.45. The van der Waals surface area contributed by atoms with Crippen molar-refractivity contribution in [1.82, 2.24) is 15.5 Å². The van der Waals surface area contributed by atoms with Gasteiger partial charge in [-0.1, -0.05) is 0 Å². The van der Waals surface area contributed by atoms with E-state index in [2.05, 4.69) is 15.5 Å². The standard InChI is InChI=1S/C15H25N3O4/c1-12-3-4-14(22-12)13(18-6-9-21-10-7-18)11-17-15(19)16-5-8-20-2/h3-4,13H,5-11H2,1-2H3,(H2,16,17,19)/t13-/m0/s1. The van der Waals surface area contributed by atoms with Crippen molar-refractivity contribution in [3.63, 3.8) is 0 Å². The minimum Gasteiger partial charge on any atom is -0.465 e. The number of morpholine rings is 1. The quantitative estimate of drug-likeness (QED) is 0.732. The fraction of sp³-hybridized carbons (Fsp3) is 0.667. The van der Waals surface area contributed by atoms with Gasteiger partial charge in [0.15, 0.2) is 0 Å². The van der Waals surface area contributed by atoms with E-state index in [1.54, 1.807) is 7.11 Å². The molecule has 124 valence electrons. The van der Waals surface area contributed by atoms with Gasteiger partial charge in [-0.15, -0.1) is 0 Å². The zero-order valence-corrected chi connectivity index (χ0v) is 13.3. The van der Waals surface area contributed by atoms with E-state index in [0.29, 0.717) is 32.9 Å². The lowest BCUT2D eigenvalue weighted by molar-refractivity contribution is 0.0121. The Balaban J connectivity index is 1.91. The number of rotatable bonds is 7. The van der Waals surface area contributed by atoms with Crippen LogP contribution in [0.2, 0.25) is 0 Å². The van der Waals surface area contributed by atoms with Crippen LogP contribution in [0.1, 0.15) is 17.6 Å². The monoisotopic (exact) mass is 311 g/mol. The number of nitrogens with zero attached hydrogens (tertiary/aromatic N) is 1. The number of methoxy groups -OCH3 is 1. The van der Waals surface area contributed by atoms with Crippen LogP contribution in [-0.2, 0) is 9.47 Å². The largest absolute Gasteiger partial charge is 0.465 e. The van der Waals surface area contributed by atoms with E-state index in [4.69, 9.17) is 13.9 Å². The van der Waals surface area contributed by atoms with Crippen molar-refractivity contribution >= 4 is 6.03 Å². The molecular formula is C15H25N3O4. The van der Waals surface area contributed by atoms with Crippen molar-refractivity contribution in [3.05, 3.63) is 23.7 Å². The SMILES string of the molecule is COCCNC(=O)NC[C@@H](c1ccc(C)o1)N1CCOCC1. The second kappa shape index (κ2) is 8.77. The van der Waals surface area contributed by atoms with Crippen LogP contribution in [0.5, 0.6) is 0 Å². The van der Waals surface area contributed by atoms with Crippen molar-refractivity contribution in [2.75, 3.05) is 53.1 Å². The van der Waals surface area contributed by atoms with Crippen molar-refractivity contribution < 1.29 is 18.7 Å². The number of urea groups is 1. The van der Waals surface area contributed by atoms with Gasteiger partial charge in [0.2, 0.25) is 0 Å². The molecule has 1 aliphatic heterocycles. The first kappa shape index (κ1) is 16.8. The van der Waals surface area contributed by atoms with Crippen LogP contribution in [0, 0.1) is 6.92 Å². The van der Waals surface area contributed by atoms with Crippen molar-refractivity contribution in [1.29, 1.82) is 0 Å². The van der Waals surface area contributed by atoms with Gasteiger partial charge in [0.05, 0.1) is 25.9 Å². The zero-order valence-electron chi connectivity index (χ0n) is 13.3. The molecule has 0 unspecified atom stereocenters. The van der Waals surface area contributed by atoms with E-state index >= 15 is 0 Å². The van der Waals surface area contributed by atoms with E-state index in [1.165, 1.54) is 0 Å². The third kappa shape index (κ3) is 5.01. The molecule has 0 radical (unpaired) electrons. The summed E-state index contributed by atoms with van der Waals surface area (Å²) < 4.78 is 16.1. The number of aryl methyl sites for hydroxylation is 1. The Morgan fingerprint density at radius 1 is 1.36 bits per heavy atom. The number of amides is 2. The molecule has 1 atom stereocenters. The third-order valence-corrected chi connectivity index (χ3v) is 3.62. The van der Waals surface area contributed by atoms with Crippen LogP contribution in [0.4, 0.5) is 4.79 Å². The highest BCUT2D eigenvalue weighted by atomic mass is 16.5. The molecule has 1 aliphatic rings. The molecule has 1 saturated heterocycles. The molecule has 0 aromatic carbocycles. The van der Waals surface area contributed by atoms with Crippen LogP contribution in [0.3, 0.4) is 0 Å². The highest BCUT2D eigenvalue weighted by molar-refractivity contribution is 5.73. The van der Waals surface area contributed by atoms with E-state index in [1.807, 2.05) is 19.1 Å². The Labute approximate surface area is 130 Å². The molecule has 0 bridgehead atoms. The van der Waals surface area contributed by atoms with Crippen molar-refractivity contribution in [3.8, 4) is 0 Å². The second-order valence-electron chi connectivity index (χ2n) is 5.24. The molecule has 2 rings (SSSR count). The van der Waals surface area contributed by atoms with Gasteiger partial charge in [0.25, 0.3) is 0 Å². The summed E-state index contributed by atoms with van der Waals surface area (Å²) in [6.45, 7) is 6.47. The van der Waals surface area contributed by atoms with Crippen molar-refractivity contribution in [2.45, 2.75) is 13.0 Å². The number of nitrogens with one attached hydrogen (secondary N) is 2. The summed E-state index contributed by atoms with van der Waals surface area (Å²) in [5, 5.41) is 5.65. The summed E-state index contributed by atoms with van der Waals surface area (Å²) >= 11 is 0. The second-order valence-corrected chi connectivity index (χ2v) is 5.24. The molecule has 22 heavy (non-hydrogen) atoms. The lowest BCUT2D eigenvalue weighted by Gasteiger charge is -2.33. The molecular weight excluding hydrogens is 286 g/mol. The highest BCUT2D eigenvalue weighted by Crippen LogP contribution is 2.23. The molecule has 1 fully saturated rings. The first-order valence-corrected chi connectivity index (χ1v) is 7.59. The van der Waals surface area contributed by atoms with E-state index < -0.39 is 0 Å². The Kier molecular flexibility index (Phi) is 6.70. The van der Waals surface area contributed by atoms with E-state index in [9.17, 15) is 4.79 Å². The average molecular weight is 311 g/mol. The molecule has 0 aliphatic carbocycles. The summed E-state index contributed by atoms with van der Waals surface area (Å²) in [4.78, 5) is 14.1. The maximum absolute atomic E-state index is 11.8. The summed E-state index contributed by atoms with van der Waals surface area (Å²) in [5.74, 6) is 1.74. The minimum absolute atomic E-state index is 0.0192. The van der Waals surface area contributed by atoms with Gasteiger partial charge < -0.3 is 24.5 Å². The molecule has 2 heterocycles. The van der Waals surface area contributed by atoms with Crippen LogP contribution in [0.15, 0.2) is 16.5 Å². The molecule has 1 aromatic rings. The maximum atomic E-state index is 11.8. The van der Waals surface area contributed by atoms with E-state index in [-0.39, 0.29) is 12.1 Å². The van der Waals surface area contributed by atoms with Gasteiger partial charge in [-0.25, -0.2) is 4.79 Å². The molecule has 2 amide bonds. The molecule has 7 nitrogen and oxygen atoms in total. The smallest absolute Gasteiger partial charge is 0.314 e. The number of hydrogen-bond acceptors (Lipinski definition) is 5. The molecule has 0 spiro atoms. The van der Waals surface area contributed by atoms with Gasteiger partial charge in [0.1, 0.15) is 11.5 Å². The molecule has 2 N–H and O–H groups in total. The average Bonchev–Trinajstić information content (AvgIpc) is 2.95. The van der Waals surface area contributed by atoms with Gasteiger partial charge >= 0.3 is 6.03 Å². The Hall–Kier alpha value is -1.57. The minimum atomic E-state index is -0.196. The predicted molar refractivity (Wildman–Crippen MR) is 81.9 cm³/mol. The van der Waals surface area contributed by atoms with Gasteiger partial charge in [0, 0.05) is 33.3 Å². The normalized spacial score (nSPS) is 17.2. The highest BCUT2D eigenvalue weighted by Gasteiger charge is 2.25. The number of carbonyl (C=O) groups is 1. The molecule has 1 aromatic heterocycles. The number of carbonyl (C=O) groups excluding carboxylic acids is 1. The molecule has 0 saturated carbocycles. The summed E-state index contributed by atoms with van der Waals surface area (Å²) in [6, 6.07) is 3.74. The lowest BCUT2D eigenvalue weighted by atomic mass is 10.1. The zero-order chi connectivity index (χ0) is 15.8. The Bertz CT molecular complexity index is 457. The van der Waals surface area contributed by atoms with Gasteiger partial charge in [-0.05, 0) is 19.1 Å². The van der Waals surface area contributed by atoms with E-state index in [0.717, 1.165) is 24.6 Å². The molecule has 7 heteroatoms. The first-order chi connectivity index (χ1) is 10.7. The van der Waals surface area contributed by atoms with Crippen LogP contribution >= 0.6 is 0 Å². The third-order valence-electron chi connectivity index (χ3n) is 3.62. The van der Waals surface area contributed by atoms with Gasteiger partial charge in [-0.2, -0.15) is 0 Å². The lowest BCUT2D eigenvalue weighted by Crippen LogP contribution is -2.46. The van der Waals surface area contributed by atoms with Crippen LogP contribution in [0.25, 0.3) is 0 Å².